The molecule has 1 aromatic carbocycles. The van der Waals surface area contributed by atoms with Crippen molar-refractivity contribution in [3.05, 3.63) is 38.9 Å². The van der Waals surface area contributed by atoms with Crippen LogP contribution in [0.2, 0.25) is 5.02 Å². The van der Waals surface area contributed by atoms with Gasteiger partial charge in [0.15, 0.2) is 6.61 Å². The highest BCUT2D eigenvalue weighted by atomic mass is 35.5. The van der Waals surface area contributed by atoms with Crippen molar-refractivity contribution in [1.29, 1.82) is 0 Å². The Bertz CT molecular complexity index is 703. The topological polar surface area (TPSA) is 119 Å². The number of nitrogens with zero attached hydrogens (tertiary/aromatic N) is 2. The summed E-state index contributed by atoms with van der Waals surface area (Å²) < 4.78 is 4.81. The molecule has 0 aliphatic carbocycles. The van der Waals surface area contributed by atoms with Gasteiger partial charge in [0.25, 0.3) is 17.5 Å². The predicted octanol–water partition coefficient (Wildman–Crippen LogP) is 1.14. The maximum Gasteiger partial charge on any atom is 0.325 e. The van der Waals surface area contributed by atoms with Gasteiger partial charge in [0, 0.05) is 24.7 Å². The van der Waals surface area contributed by atoms with Gasteiger partial charge >= 0.3 is 5.97 Å². The van der Waals surface area contributed by atoms with Crippen LogP contribution in [-0.4, -0.2) is 53.8 Å². The first-order valence-electron chi connectivity index (χ1n) is 7.54. The number of carbonyl (C=O) groups excluding carboxylic acids is 3. The van der Waals surface area contributed by atoms with Gasteiger partial charge in [-0.05, 0) is 25.0 Å². The van der Waals surface area contributed by atoms with Crippen LogP contribution in [-0.2, 0) is 14.3 Å². The molecule has 0 saturated carbocycles. The Balaban J connectivity index is 1.81. The van der Waals surface area contributed by atoms with E-state index in [4.69, 9.17) is 16.3 Å². The number of nitro benzene ring substituents is 1. The average molecular weight is 370 g/mol. The molecule has 1 heterocycles. The fourth-order valence-corrected chi connectivity index (χ4v) is 2.49. The lowest BCUT2D eigenvalue weighted by Gasteiger charge is -2.15. The summed E-state index contributed by atoms with van der Waals surface area (Å²) in [5.74, 6) is -1.74. The van der Waals surface area contributed by atoms with Gasteiger partial charge in [-0.25, -0.2) is 0 Å². The number of rotatable bonds is 6. The van der Waals surface area contributed by atoms with Crippen LogP contribution in [0.3, 0.4) is 0 Å². The molecular formula is C15H16ClN3O6. The molecule has 0 unspecified atom stereocenters. The molecule has 1 aliphatic heterocycles. The van der Waals surface area contributed by atoms with Crippen LogP contribution in [0.5, 0.6) is 0 Å². The zero-order chi connectivity index (χ0) is 18.4. The lowest BCUT2D eigenvalue weighted by atomic mass is 10.2. The zero-order valence-electron chi connectivity index (χ0n) is 13.2. The summed E-state index contributed by atoms with van der Waals surface area (Å²) in [6.07, 6.45) is 1.87. The molecule has 0 spiro atoms. The van der Waals surface area contributed by atoms with Crippen LogP contribution >= 0.6 is 11.6 Å². The fourth-order valence-electron chi connectivity index (χ4n) is 2.30. The van der Waals surface area contributed by atoms with E-state index in [-0.39, 0.29) is 23.1 Å². The van der Waals surface area contributed by atoms with Gasteiger partial charge in [0.1, 0.15) is 11.6 Å². The number of halogens is 1. The van der Waals surface area contributed by atoms with E-state index in [0.717, 1.165) is 18.9 Å². The summed E-state index contributed by atoms with van der Waals surface area (Å²) in [6, 6.07) is 3.54. The molecule has 2 rings (SSSR count). The second-order valence-electron chi connectivity index (χ2n) is 5.35. The van der Waals surface area contributed by atoms with E-state index in [2.05, 4.69) is 5.32 Å². The van der Waals surface area contributed by atoms with E-state index in [0.29, 0.717) is 13.1 Å². The monoisotopic (exact) mass is 369 g/mol. The van der Waals surface area contributed by atoms with Crippen molar-refractivity contribution in [1.82, 2.24) is 10.2 Å². The minimum absolute atomic E-state index is 0.0166. The largest absolute Gasteiger partial charge is 0.454 e. The Kier molecular flexibility index (Phi) is 6.29. The highest BCUT2D eigenvalue weighted by molar-refractivity contribution is 6.32. The Morgan fingerprint density at radius 3 is 2.60 bits per heavy atom. The molecule has 0 radical (unpaired) electrons. The smallest absolute Gasteiger partial charge is 0.325 e. The van der Waals surface area contributed by atoms with E-state index in [1.54, 1.807) is 4.90 Å². The average Bonchev–Trinajstić information content (AvgIpc) is 3.12. The summed E-state index contributed by atoms with van der Waals surface area (Å²) in [7, 11) is 0. The standard InChI is InChI=1S/C15H16ClN3O6/c16-11-4-3-10(7-12(11)19(23)24)15(22)17-8-14(21)25-9-13(20)18-5-1-2-6-18/h3-4,7H,1-2,5-6,8-9H2,(H,17,22). The van der Waals surface area contributed by atoms with Crippen molar-refractivity contribution in [2.24, 2.45) is 0 Å². The van der Waals surface area contributed by atoms with E-state index < -0.39 is 29.0 Å². The molecule has 2 amide bonds. The molecule has 1 N–H and O–H groups in total. The van der Waals surface area contributed by atoms with Gasteiger partial charge in [-0.3, -0.25) is 24.5 Å². The number of benzene rings is 1. The molecule has 134 valence electrons. The Morgan fingerprint density at radius 1 is 1.28 bits per heavy atom. The summed E-state index contributed by atoms with van der Waals surface area (Å²) in [4.78, 5) is 46.9. The lowest BCUT2D eigenvalue weighted by Crippen LogP contribution is -2.35. The minimum atomic E-state index is -0.774. The Labute approximate surface area is 148 Å². The molecule has 9 nitrogen and oxygen atoms in total. The third-order valence-corrected chi connectivity index (χ3v) is 3.93. The zero-order valence-corrected chi connectivity index (χ0v) is 14.0. The minimum Gasteiger partial charge on any atom is -0.454 e. The number of amides is 2. The quantitative estimate of drug-likeness (QED) is 0.456. The van der Waals surface area contributed by atoms with Crippen LogP contribution in [0.25, 0.3) is 0 Å². The number of nitro groups is 1. The molecule has 1 aliphatic rings. The van der Waals surface area contributed by atoms with Gasteiger partial charge < -0.3 is 15.0 Å². The first kappa shape index (κ1) is 18.7. The van der Waals surface area contributed by atoms with Crippen molar-refractivity contribution in [3.63, 3.8) is 0 Å². The molecule has 1 saturated heterocycles. The van der Waals surface area contributed by atoms with E-state index in [9.17, 15) is 24.5 Å². The van der Waals surface area contributed by atoms with Crippen LogP contribution < -0.4 is 5.32 Å². The summed E-state index contributed by atoms with van der Waals surface area (Å²) >= 11 is 5.66. The lowest BCUT2D eigenvalue weighted by molar-refractivity contribution is -0.384. The molecule has 0 aromatic heterocycles. The second kappa shape index (κ2) is 8.43. The highest BCUT2D eigenvalue weighted by Crippen LogP contribution is 2.24. The number of nitrogens with one attached hydrogen (secondary N) is 1. The van der Waals surface area contributed by atoms with E-state index in [1.807, 2.05) is 0 Å². The van der Waals surface area contributed by atoms with E-state index >= 15 is 0 Å². The third kappa shape index (κ3) is 5.15. The van der Waals surface area contributed by atoms with E-state index in [1.165, 1.54) is 12.1 Å². The molecule has 0 atom stereocenters. The molecule has 1 aromatic rings. The van der Waals surface area contributed by atoms with Gasteiger partial charge in [-0.2, -0.15) is 0 Å². The van der Waals surface area contributed by atoms with Crippen LogP contribution in [0.4, 0.5) is 5.69 Å². The number of likely N-dealkylation sites (tertiary alicyclic amines) is 1. The van der Waals surface area contributed by atoms with Crippen molar-refractivity contribution in [2.45, 2.75) is 12.8 Å². The van der Waals surface area contributed by atoms with Crippen molar-refractivity contribution < 1.29 is 24.0 Å². The highest BCUT2D eigenvalue weighted by Gasteiger charge is 2.20. The Hall–Kier alpha value is -2.68. The maximum absolute atomic E-state index is 11.9. The molecule has 10 heteroatoms. The molecular weight excluding hydrogens is 354 g/mol. The summed E-state index contributed by atoms with van der Waals surface area (Å²) in [5, 5.41) is 13.0. The first-order valence-corrected chi connectivity index (χ1v) is 7.92. The molecule has 25 heavy (non-hydrogen) atoms. The second-order valence-corrected chi connectivity index (χ2v) is 5.76. The van der Waals surface area contributed by atoms with Crippen LogP contribution in [0.15, 0.2) is 18.2 Å². The number of ether oxygens (including phenoxy) is 1. The number of hydrogen-bond acceptors (Lipinski definition) is 6. The summed E-state index contributed by atoms with van der Waals surface area (Å²) in [5.41, 5.74) is -0.426. The SMILES string of the molecule is O=C(CNC(=O)c1ccc(Cl)c([N+](=O)[O-])c1)OCC(=O)N1CCCC1. The predicted molar refractivity (Wildman–Crippen MR) is 87.2 cm³/mol. The van der Waals surface area contributed by atoms with Crippen molar-refractivity contribution in [3.8, 4) is 0 Å². The fraction of sp³-hybridized carbons (Fsp3) is 0.400. The van der Waals surface area contributed by atoms with Crippen molar-refractivity contribution in [2.75, 3.05) is 26.2 Å². The van der Waals surface area contributed by atoms with Crippen molar-refractivity contribution >= 4 is 35.1 Å². The summed E-state index contributed by atoms with van der Waals surface area (Å²) in [6.45, 7) is 0.481. The van der Waals surface area contributed by atoms with Crippen LogP contribution in [0.1, 0.15) is 23.2 Å². The third-order valence-electron chi connectivity index (χ3n) is 3.61. The molecule has 1 fully saturated rings. The molecule has 0 bridgehead atoms. The normalized spacial score (nSPS) is 13.4. The van der Waals surface area contributed by atoms with Gasteiger partial charge in [0.2, 0.25) is 0 Å². The first-order chi connectivity index (χ1) is 11.9. The van der Waals surface area contributed by atoms with Crippen LogP contribution in [0, 0.1) is 10.1 Å². The maximum atomic E-state index is 11.9. The van der Waals surface area contributed by atoms with Gasteiger partial charge in [0.05, 0.1) is 4.92 Å². The number of hydrogen-bond donors (Lipinski definition) is 1. The number of carbonyl (C=O) groups is 3. The van der Waals surface area contributed by atoms with Gasteiger partial charge in [-0.15, -0.1) is 0 Å². The van der Waals surface area contributed by atoms with Gasteiger partial charge in [-0.1, -0.05) is 11.6 Å². The number of esters is 1. The Morgan fingerprint density at radius 2 is 1.96 bits per heavy atom.